The summed E-state index contributed by atoms with van der Waals surface area (Å²) < 4.78 is 13.4. The molecule has 0 bridgehead atoms. The number of rotatable bonds is 6. The Hall–Kier alpha value is -2.21. The first kappa shape index (κ1) is 14.8. The van der Waals surface area contributed by atoms with Crippen molar-refractivity contribution < 1.29 is 19.1 Å². The number of aliphatic carboxylic acids is 1. The quantitative estimate of drug-likeness (QED) is 0.747. The zero-order chi connectivity index (χ0) is 14.4. The number of halogens is 1. The van der Waals surface area contributed by atoms with Crippen molar-refractivity contribution in [3.8, 4) is 0 Å². The highest BCUT2D eigenvalue weighted by Crippen LogP contribution is 2.13. The second-order valence-electron chi connectivity index (χ2n) is 4.17. The number of likely N-dealkylation sites (N-methyl/N-ethyl adjacent to an activating group) is 1. The van der Waals surface area contributed by atoms with Crippen LogP contribution >= 0.6 is 0 Å². The van der Waals surface area contributed by atoms with Crippen LogP contribution in [0.2, 0.25) is 0 Å². The Labute approximate surface area is 110 Å². The van der Waals surface area contributed by atoms with Crippen molar-refractivity contribution in [2.75, 3.05) is 13.6 Å². The van der Waals surface area contributed by atoms with Crippen LogP contribution in [0.15, 0.2) is 24.3 Å². The molecule has 0 aliphatic heterocycles. The van der Waals surface area contributed by atoms with Gasteiger partial charge in [0, 0.05) is 18.2 Å². The van der Waals surface area contributed by atoms with Gasteiger partial charge in [-0.2, -0.15) is 0 Å². The minimum atomic E-state index is -1.14. The first-order valence-corrected chi connectivity index (χ1v) is 5.55. The Morgan fingerprint density at radius 3 is 2.74 bits per heavy atom. The third-order valence-electron chi connectivity index (χ3n) is 2.34. The number of hydrogen-bond acceptors (Lipinski definition) is 3. The van der Waals surface area contributed by atoms with E-state index in [0.717, 1.165) is 11.6 Å². The molecule has 0 aliphatic rings. The summed E-state index contributed by atoms with van der Waals surface area (Å²) in [5.74, 6) is -2.09. The Bertz CT molecular complexity index is 515. The van der Waals surface area contributed by atoms with Gasteiger partial charge in [0.05, 0.1) is 6.54 Å². The number of nitrogens with zero attached hydrogens (tertiary/aromatic N) is 1. The van der Waals surface area contributed by atoms with Crippen molar-refractivity contribution in [2.24, 2.45) is 5.73 Å². The number of benzene rings is 1. The third-order valence-corrected chi connectivity index (χ3v) is 2.34. The molecule has 0 saturated carbocycles. The molecule has 0 radical (unpaired) electrons. The van der Waals surface area contributed by atoms with Crippen molar-refractivity contribution in [1.29, 1.82) is 0 Å². The van der Waals surface area contributed by atoms with E-state index in [1.54, 1.807) is 18.0 Å². The van der Waals surface area contributed by atoms with Gasteiger partial charge in [-0.25, -0.2) is 9.18 Å². The van der Waals surface area contributed by atoms with E-state index < -0.39 is 17.7 Å². The highest BCUT2D eigenvalue weighted by atomic mass is 19.1. The molecule has 1 aromatic carbocycles. The summed E-state index contributed by atoms with van der Waals surface area (Å²) in [6, 6.07) is 4.37. The Morgan fingerprint density at radius 1 is 1.47 bits per heavy atom. The summed E-state index contributed by atoms with van der Waals surface area (Å²) in [5, 5.41) is 8.51. The summed E-state index contributed by atoms with van der Waals surface area (Å²) in [7, 11) is 1.71. The average Bonchev–Trinajstić information content (AvgIpc) is 2.28. The zero-order valence-corrected chi connectivity index (χ0v) is 10.5. The number of carboxylic acid groups (broad SMARTS) is 1. The van der Waals surface area contributed by atoms with E-state index in [2.05, 4.69) is 0 Å². The minimum Gasteiger partial charge on any atom is -0.478 e. The van der Waals surface area contributed by atoms with Gasteiger partial charge in [0.15, 0.2) is 0 Å². The molecule has 5 nitrogen and oxygen atoms in total. The lowest BCUT2D eigenvalue weighted by Crippen LogP contribution is -2.30. The number of primary amides is 1. The lowest BCUT2D eigenvalue weighted by Gasteiger charge is -2.14. The maximum absolute atomic E-state index is 13.4. The second kappa shape index (κ2) is 6.65. The lowest BCUT2D eigenvalue weighted by atomic mass is 10.1. The summed E-state index contributed by atoms with van der Waals surface area (Å²) in [6.45, 7) is 0.509. The minimum absolute atomic E-state index is 0.0949. The predicted octanol–water partition coefficient (Wildman–Crippen LogP) is 0.841. The van der Waals surface area contributed by atoms with Crippen molar-refractivity contribution >= 4 is 18.0 Å². The SMILES string of the molecule is CN(CC(N)=O)Cc1ccc(F)c(/C=C/C(=O)O)c1. The molecule has 3 N–H and O–H groups in total. The maximum atomic E-state index is 13.4. The molecular weight excluding hydrogens is 251 g/mol. The molecule has 19 heavy (non-hydrogen) atoms. The Kier molecular flexibility index (Phi) is 5.20. The fourth-order valence-corrected chi connectivity index (χ4v) is 1.61. The van der Waals surface area contributed by atoms with Crippen molar-refractivity contribution in [1.82, 2.24) is 4.90 Å². The summed E-state index contributed by atoms with van der Waals surface area (Å²) in [4.78, 5) is 22.8. The van der Waals surface area contributed by atoms with E-state index in [1.165, 1.54) is 18.2 Å². The zero-order valence-electron chi connectivity index (χ0n) is 10.5. The lowest BCUT2D eigenvalue weighted by molar-refractivity contribution is -0.131. The number of amides is 1. The van der Waals surface area contributed by atoms with E-state index in [1.807, 2.05) is 0 Å². The van der Waals surface area contributed by atoms with Crippen LogP contribution in [-0.2, 0) is 16.1 Å². The fourth-order valence-electron chi connectivity index (χ4n) is 1.61. The molecule has 1 aromatic rings. The van der Waals surface area contributed by atoms with Crippen LogP contribution in [0.3, 0.4) is 0 Å². The van der Waals surface area contributed by atoms with Crippen LogP contribution in [0, 0.1) is 5.82 Å². The van der Waals surface area contributed by atoms with Crippen LogP contribution in [0.25, 0.3) is 6.08 Å². The van der Waals surface area contributed by atoms with E-state index in [9.17, 15) is 14.0 Å². The van der Waals surface area contributed by atoms with Gasteiger partial charge in [0.2, 0.25) is 5.91 Å². The molecule has 0 aromatic heterocycles. The van der Waals surface area contributed by atoms with Crippen LogP contribution in [-0.4, -0.2) is 35.5 Å². The number of carbonyl (C=O) groups excluding carboxylic acids is 1. The molecule has 1 rings (SSSR count). The fraction of sp³-hybridized carbons (Fsp3) is 0.231. The summed E-state index contributed by atoms with van der Waals surface area (Å²) in [5.41, 5.74) is 6.01. The van der Waals surface area contributed by atoms with Gasteiger partial charge in [0.25, 0.3) is 0 Å². The number of hydrogen-bond donors (Lipinski definition) is 2. The van der Waals surface area contributed by atoms with Crippen molar-refractivity contribution in [3.63, 3.8) is 0 Å². The highest BCUT2D eigenvalue weighted by Gasteiger charge is 2.06. The smallest absolute Gasteiger partial charge is 0.328 e. The number of carbonyl (C=O) groups is 2. The summed E-state index contributed by atoms with van der Waals surface area (Å²) in [6.07, 6.45) is 2.06. The Balaban J connectivity index is 2.84. The molecule has 0 unspecified atom stereocenters. The van der Waals surface area contributed by atoms with E-state index in [4.69, 9.17) is 10.8 Å². The molecule has 0 aliphatic carbocycles. The van der Waals surface area contributed by atoms with Crippen LogP contribution in [0.4, 0.5) is 4.39 Å². The molecule has 102 valence electrons. The maximum Gasteiger partial charge on any atom is 0.328 e. The average molecular weight is 266 g/mol. The monoisotopic (exact) mass is 266 g/mol. The van der Waals surface area contributed by atoms with E-state index in [-0.39, 0.29) is 12.1 Å². The van der Waals surface area contributed by atoms with Crippen LogP contribution in [0.1, 0.15) is 11.1 Å². The van der Waals surface area contributed by atoms with Gasteiger partial charge in [-0.05, 0) is 30.8 Å². The largest absolute Gasteiger partial charge is 0.478 e. The van der Waals surface area contributed by atoms with Gasteiger partial charge in [0.1, 0.15) is 5.82 Å². The first-order chi connectivity index (χ1) is 8.88. The van der Waals surface area contributed by atoms with Gasteiger partial charge in [-0.1, -0.05) is 6.07 Å². The van der Waals surface area contributed by atoms with Gasteiger partial charge < -0.3 is 10.8 Å². The number of carboxylic acids is 1. The Morgan fingerprint density at radius 2 is 2.16 bits per heavy atom. The molecule has 0 atom stereocenters. The highest BCUT2D eigenvalue weighted by molar-refractivity contribution is 5.85. The molecule has 0 saturated heterocycles. The number of nitrogens with two attached hydrogens (primary N) is 1. The van der Waals surface area contributed by atoms with Gasteiger partial charge in [-0.15, -0.1) is 0 Å². The third kappa shape index (κ3) is 5.31. The van der Waals surface area contributed by atoms with Crippen LogP contribution in [0.5, 0.6) is 0 Å². The first-order valence-electron chi connectivity index (χ1n) is 5.55. The standard InChI is InChI=1S/C13H15FN2O3/c1-16(8-12(15)17)7-9-2-4-11(14)10(6-9)3-5-13(18)19/h2-6H,7-8H2,1H3,(H2,15,17)(H,18,19)/b5-3+. The van der Waals surface area contributed by atoms with E-state index in [0.29, 0.717) is 6.54 Å². The normalized spacial score (nSPS) is 11.1. The molecule has 0 fully saturated rings. The molecule has 1 amide bonds. The summed E-state index contributed by atoms with van der Waals surface area (Å²) >= 11 is 0. The molecule has 6 heteroatoms. The van der Waals surface area contributed by atoms with Crippen molar-refractivity contribution in [3.05, 3.63) is 41.2 Å². The molecule has 0 heterocycles. The van der Waals surface area contributed by atoms with Crippen molar-refractivity contribution in [2.45, 2.75) is 6.54 Å². The van der Waals surface area contributed by atoms with Gasteiger partial charge in [-0.3, -0.25) is 9.69 Å². The predicted molar refractivity (Wildman–Crippen MR) is 68.6 cm³/mol. The molecule has 0 spiro atoms. The molecular formula is C13H15FN2O3. The topological polar surface area (TPSA) is 83.6 Å². The van der Waals surface area contributed by atoms with Crippen LogP contribution < -0.4 is 5.73 Å². The second-order valence-corrected chi connectivity index (χ2v) is 4.17. The van der Waals surface area contributed by atoms with Gasteiger partial charge >= 0.3 is 5.97 Å². The van der Waals surface area contributed by atoms with E-state index >= 15 is 0 Å².